The standard InChI is InChI=1S/C25H21NO3/c1-29-22-16-9-15-21(18-22)26-25(28)23(24(27)20-13-6-3-7-14-20)17-8-12-19-10-4-2-5-11-19/h2-18H,1H3,(H,26,28). The van der Waals surface area contributed by atoms with Gasteiger partial charge in [0.05, 0.1) is 12.7 Å². The van der Waals surface area contributed by atoms with Crippen LogP contribution in [0.4, 0.5) is 5.69 Å². The summed E-state index contributed by atoms with van der Waals surface area (Å²) in [5, 5.41) is 2.77. The van der Waals surface area contributed by atoms with Crippen LogP contribution in [0.1, 0.15) is 15.9 Å². The van der Waals surface area contributed by atoms with Gasteiger partial charge in [0.1, 0.15) is 5.75 Å². The lowest BCUT2D eigenvalue weighted by Gasteiger charge is -2.09. The predicted octanol–water partition coefficient (Wildman–Crippen LogP) is 5.16. The van der Waals surface area contributed by atoms with Crippen LogP contribution in [0.2, 0.25) is 0 Å². The molecule has 29 heavy (non-hydrogen) atoms. The first kappa shape index (κ1) is 19.8. The minimum Gasteiger partial charge on any atom is -0.497 e. The summed E-state index contributed by atoms with van der Waals surface area (Å²) in [7, 11) is 1.56. The number of amides is 1. The highest BCUT2D eigenvalue weighted by atomic mass is 16.5. The van der Waals surface area contributed by atoms with Gasteiger partial charge >= 0.3 is 0 Å². The van der Waals surface area contributed by atoms with Crippen LogP contribution in [0.25, 0.3) is 6.08 Å². The van der Waals surface area contributed by atoms with Crippen LogP contribution < -0.4 is 10.1 Å². The maximum atomic E-state index is 13.0. The van der Waals surface area contributed by atoms with Crippen LogP contribution in [-0.4, -0.2) is 18.8 Å². The van der Waals surface area contributed by atoms with Crippen molar-refractivity contribution in [1.82, 2.24) is 0 Å². The van der Waals surface area contributed by atoms with Crippen LogP contribution in [-0.2, 0) is 4.79 Å². The van der Waals surface area contributed by atoms with Gasteiger partial charge in [0, 0.05) is 17.3 Å². The molecule has 4 heteroatoms. The summed E-state index contributed by atoms with van der Waals surface area (Å²) in [6.45, 7) is 0. The van der Waals surface area contributed by atoms with Crippen molar-refractivity contribution in [2.75, 3.05) is 12.4 Å². The zero-order valence-electron chi connectivity index (χ0n) is 16.0. The van der Waals surface area contributed by atoms with Crippen LogP contribution in [0.3, 0.4) is 0 Å². The molecule has 0 aliphatic carbocycles. The summed E-state index contributed by atoms with van der Waals surface area (Å²) >= 11 is 0. The summed E-state index contributed by atoms with van der Waals surface area (Å²) in [5.74, 6) is -0.208. The number of benzene rings is 3. The summed E-state index contributed by atoms with van der Waals surface area (Å²) in [5.41, 5.74) is 2.02. The van der Waals surface area contributed by atoms with E-state index in [4.69, 9.17) is 4.74 Å². The monoisotopic (exact) mass is 383 g/mol. The van der Waals surface area contributed by atoms with Gasteiger partial charge in [0.2, 0.25) is 0 Å². The van der Waals surface area contributed by atoms with E-state index in [1.165, 1.54) is 6.08 Å². The SMILES string of the molecule is COc1cccc(NC(=O)C(=CC=Cc2ccccc2)C(=O)c2ccccc2)c1. The number of carbonyl (C=O) groups is 2. The van der Waals surface area contributed by atoms with Crippen LogP contribution in [0.5, 0.6) is 5.75 Å². The molecule has 0 bridgehead atoms. The molecule has 0 aromatic heterocycles. The molecule has 0 unspecified atom stereocenters. The molecule has 3 aromatic carbocycles. The number of rotatable bonds is 7. The molecule has 0 aliphatic heterocycles. The average molecular weight is 383 g/mol. The van der Waals surface area contributed by atoms with Gasteiger partial charge in [-0.15, -0.1) is 0 Å². The molecule has 3 rings (SSSR count). The van der Waals surface area contributed by atoms with E-state index in [0.717, 1.165) is 5.56 Å². The van der Waals surface area contributed by atoms with Crippen molar-refractivity contribution in [1.29, 1.82) is 0 Å². The number of hydrogen-bond donors (Lipinski definition) is 1. The first-order valence-corrected chi connectivity index (χ1v) is 9.16. The van der Waals surface area contributed by atoms with Crippen molar-refractivity contribution < 1.29 is 14.3 Å². The normalized spacial score (nSPS) is 11.3. The molecule has 1 N–H and O–H groups in total. The van der Waals surface area contributed by atoms with E-state index in [2.05, 4.69) is 5.32 Å². The van der Waals surface area contributed by atoms with Crippen molar-refractivity contribution >= 4 is 23.5 Å². The zero-order chi connectivity index (χ0) is 20.5. The summed E-state index contributed by atoms with van der Waals surface area (Å²) in [6, 6.07) is 25.4. The molecule has 0 saturated carbocycles. The molecule has 3 aromatic rings. The van der Waals surface area contributed by atoms with Gasteiger partial charge in [-0.05, 0) is 23.8 Å². The fraction of sp³-hybridized carbons (Fsp3) is 0.0400. The fourth-order valence-electron chi connectivity index (χ4n) is 2.72. The maximum Gasteiger partial charge on any atom is 0.259 e. The molecule has 0 spiro atoms. The Morgan fingerprint density at radius 3 is 2.24 bits per heavy atom. The fourth-order valence-corrected chi connectivity index (χ4v) is 2.72. The van der Waals surface area contributed by atoms with E-state index in [1.807, 2.05) is 42.5 Å². The topological polar surface area (TPSA) is 55.4 Å². The van der Waals surface area contributed by atoms with E-state index in [-0.39, 0.29) is 11.4 Å². The molecule has 0 heterocycles. The molecule has 0 saturated heterocycles. The maximum absolute atomic E-state index is 13.0. The first-order chi connectivity index (χ1) is 14.2. The first-order valence-electron chi connectivity index (χ1n) is 9.16. The van der Waals surface area contributed by atoms with E-state index in [9.17, 15) is 9.59 Å². The number of anilines is 1. The predicted molar refractivity (Wildman–Crippen MR) is 116 cm³/mol. The number of carbonyl (C=O) groups excluding carboxylic acids is 2. The van der Waals surface area contributed by atoms with Gasteiger partial charge in [-0.25, -0.2) is 0 Å². The largest absolute Gasteiger partial charge is 0.497 e. The zero-order valence-corrected chi connectivity index (χ0v) is 16.0. The van der Waals surface area contributed by atoms with Crippen molar-refractivity contribution in [3.63, 3.8) is 0 Å². The second-order valence-corrected chi connectivity index (χ2v) is 6.23. The third kappa shape index (κ3) is 5.53. The highest BCUT2D eigenvalue weighted by molar-refractivity contribution is 6.28. The lowest BCUT2D eigenvalue weighted by atomic mass is 10.0. The van der Waals surface area contributed by atoms with Gasteiger partial charge in [0.25, 0.3) is 5.91 Å². The second-order valence-electron chi connectivity index (χ2n) is 6.23. The molecule has 144 valence electrons. The number of nitrogens with one attached hydrogen (secondary N) is 1. The molecule has 0 fully saturated rings. The Bertz CT molecular complexity index is 1040. The molecule has 0 aliphatic rings. The van der Waals surface area contributed by atoms with Gasteiger partial charge < -0.3 is 10.1 Å². The number of ether oxygens (including phenoxy) is 1. The lowest BCUT2D eigenvalue weighted by Crippen LogP contribution is -2.20. The van der Waals surface area contributed by atoms with Crippen LogP contribution in [0.15, 0.2) is 103 Å². The molecule has 1 amide bonds. The second kappa shape index (κ2) is 9.85. The minimum absolute atomic E-state index is 0.0474. The third-order valence-corrected chi connectivity index (χ3v) is 4.20. The molecular formula is C25H21NO3. The highest BCUT2D eigenvalue weighted by Crippen LogP contribution is 2.18. The Balaban J connectivity index is 1.88. The Morgan fingerprint density at radius 1 is 0.862 bits per heavy atom. The summed E-state index contributed by atoms with van der Waals surface area (Å²) in [6.07, 6.45) is 5.09. The highest BCUT2D eigenvalue weighted by Gasteiger charge is 2.19. The van der Waals surface area contributed by atoms with Crippen molar-refractivity contribution in [2.24, 2.45) is 0 Å². The lowest BCUT2D eigenvalue weighted by molar-refractivity contribution is -0.112. The number of methoxy groups -OCH3 is 1. The van der Waals surface area contributed by atoms with Gasteiger partial charge in [-0.1, -0.05) is 78.9 Å². The Hall–Kier alpha value is -3.92. The minimum atomic E-state index is -0.482. The van der Waals surface area contributed by atoms with E-state index < -0.39 is 5.91 Å². The summed E-state index contributed by atoms with van der Waals surface area (Å²) in [4.78, 5) is 25.8. The number of hydrogen-bond acceptors (Lipinski definition) is 3. The summed E-state index contributed by atoms with van der Waals surface area (Å²) < 4.78 is 5.18. The average Bonchev–Trinajstić information content (AvgIpc) is 2.77. The van der Waals surface area contributed by atoms with Crippen LogP contribution in [0, 0.1) is 0 Å². The van der Waals surface area contributed by atoms with Gasteiger partial charge in [-0.3, -0.25) is 9.59 Å². The Labute approximate surface area is 170 Å². The molecule has 0 atom stereocenters. The van der Waals surface area contributed by atoms with Gasteiger partial charge in [0.15, 0.2) is 5.78 Å². The van der Waals surface area contributed by atoms with E-state index >= 15 is 0 Å². The number of ketones is 1. The molecule has 0 radical (unpaired) electrons. The molecule has 4 nitrogen and oxygen atoms in total. The third-order valence-electron chi connectivity index (χ3n) is 4.20. The van der Waals surface area contributed by atoms with E-state index in [1.54, 1.807) is 61.7 Å². The van der Waals surface area contributed by atoms with Crippen LogP contribution >= 0.6 is 0 Å². The quantitative estimate of drug-likeness (QED) is 0.202. The Morgan fingerprint density at radius 2 is 1.55 bits per heavy atom. The van der Waals surface area contributed by atoms with Crippen molar-refractivity contribution in [2.45, 2.75) is 0 Å². The Kier molecular flexibility index (Phi) is 6.74. The van der Waals surface area contributed by atoms with Gasteiger partial charge in [-0.2, -0.15) is 0 Å². The van der Waals surface area contributed by atoms with Crippen molar-refractivity contribution in [3.05, 3.63) is 114 Å². The van der Waals surface area contributed by atoms with E-state index in [0.29, 0.717) is 17.0 Å². The number of Topliss-reactive ketones (excluding diaryl/α,β-unsaturated/α-hetero) is 1. The van der Waals surface area contributed by atoms with Crippen molar-refractivity contribution in [3.8, 4) is 5.75 Å². The smallest absolute Gasteiger partial charge is 0.259 e. The molecular weight excluding hydrogens is 362 g/mol. The number of allylic oxidation sites excluding steroid dienone is 2.